The van der Waals surface area contributed by atoms with Crippen molar-refractivity contribution in [3.63, 3.8) is 0 Å². The predicted octanol–water partition coefficient (Wildman–Crippen LogP) is 0.267. The molecule has 14 heavy (non-hydrogen) atoms. The van der Waals surface area contributed by atoms with E-state index in [4.69, 9.17) is 0 Å². The Morgan fingerprint density at radius 2 is 1.93 bits per heavy atom. The van der Waals surface area contributed by atoms with Crippen LogP contribution in [0.25, 0.3) is 0 Å². The Bertz CT molecular complexity index is 256. The smallest absolute Gasteiger partial charge is 0.208 e. The lowest BCUT2D eigenvalue weighted by Gasteiger charge is -2.29. The second-order valence-corrected chi connectivity index (χ2v) is 6.02. The molecule has 0 atom stereocenters. The summed E-state index contributed by atoms with van der Waals surface area (Å²) in [6, 6.07) is 0. The predicted molar refractivity (Wildman–Crippen MR) is 57.7 cm³/mol. The van der Waals surface area contributed by atoms with E-state index in [0.29, 0.717) is 6.54 Å². The van der Waals surface area contributed by atoms with Crippen molar-refractivity contribution in [2.24, 2.45) is 5.92 Å². The van der Waals surface area contributed by atoms with Crippen LogP contribution in [-0.4, -0.2) is 45.8 Å². The molecule has 5 heteroatoms. The molecule has 0 saturated carbocycles. The molecule has 0 aromatic carbocycles. The summed E-state index contributed by atoms with van der Waals surface area (Å²) in [6.45, 7) is 5.85. The van der Waals surface area contributed by atoms with E-state index in [-0.39, 0.29) is 0 Å². The molecule has 1 aliphatic rings. The summed E-state index contributed by atoms with van der Waals surface area (Å²) in [4.78, 5) is 2.32. The third-order valence-corrected chi connectivity index (χ3v) is 3.40. The molecule has 0 unspecified atom stereocenters. The number of likely N-dealkylation sites (tertiary alicyclic amines) is 1. The molecule has 1 N–H and O–H groups in total. The molecule has 4 nitrogen and oxygen atoms in total. The van der Waals surface area contributed by atoms with Gasteiger partial charge < -0.3 is 4.90 Å². The van der Waals surface area contributed by atoms with Crippen LogP contribution in [0.3, 0.4) is 0 Å². The summed E-state index contributed by atoms with van der Waals surface area (Å²) in [5.74, 6) is 0.828. The number of sulfonamides is 1. The molecular formula is C9H20N2O2S. The Balaban J connectivity index is 2.14. The summed E-state index contributed by atoms with van der Waals surface area (Å²) >= 11 is 0. The molecule has 1 fully saturated rings. The van der Waals surface area contributed by atoms with Gasteiger partial charge in [-0.2, -0.15) is 0 Å². The van der Waals surface area contributed by atoms with Gasteiger partial charge in [-0.05, 0) is 31.8 Å². The third-order valence-electron chi connectivity index (χ3n) is 2.67. The molecule has 1 aliphatic heterocycles. The molecule has 0 spiro atoms. The Labute approximate surface area is 86.7 Å². The minimum absolute atomic E-state index is 0.535. The maximum atomic E-state index is 10.8. The average molecular weight is 220 g/mol. The molecule has 0 radical (unpaired) electrons. The summed E-state index contributed by atoms with van der Waals surface area (Å²) in [5, 5.41) is 0. The lowest BCUT2D eigenvalue weighted by atomic mass is 9.99. The maximum absolute atomic E-state index is 10.8. The van der Waals surface area contributed by atoms with Crippen LogP contribution in [0.1, 0.15) is 19.8 Å². The van der Waals surface area contributed by atoms with Crippen LogP contribution in [0.2, 0.25) is 0 Å². The second-order valence-electron chi connectivity index (χ2n) is 4.19. The zero-order chi connectivity index (χ0) is 10.6. The van der Waals surface area contributed by atoms with Gasteiger partial charge in [0.25, 0.3) is 0 Å². The molecule has 0 bridgehead atoms. The SMILES string of the molecule is CC1CCN(CCNS(C)(=O)=O)CC1. The third kappa shape index (κ3) is 4.93. The highest BCUT2D eigenvalue weighted by atomic mass is 32.2. The first-order chi connectivity index (χ1) is 6.47. The number of piperidine rings is 1. The lowest BCUT2D eigenvalue weighted by Crippen LogP contribution is -2.38. The van der Waals surface area contributed by atoms with Gasteiger partial charge in [0.1, 0.15) is 0 Å². The number of rotatable bonds is 4. The van der Waals surface area contributed by atoms with Crippen LogP contribution in [0, 0.1) is 5.92 Å². The maximum Gasteiger partial charge on any atom is 0.208 e. The fourth-order valence-corrected chi connectivity index (χ4v) is 2.14. The first kappa shape index (κ1) is 11.9. The summed E-state index contributed by atoms with van der Waals surface area (Å²) in [5.41, 5.74) is 0. The van der Waals surface area contributed by atoms with E-state index in [1.54, 1.807) is 0 Å². The highest BCUT2D eigenvalue weighted by Crippen LogP contribution is 2.14. The minimum atomic E-state index is -3.01. The van der Waals surface area contributed by atoms with Gasteiger partial charge in [-0.1, -0.05) is 6.92 Å². The molecule has 0 aliphatic carbocycles. The van der Waals surface area contributed by atoms with Gasteiger partial charge in [-0.15, -0.1) is 0 Å². The normalized spacial score (nSPS) is 21.3. The van der Waals surface area contributed by atoms with E-state index in [1.807, 2.05) is 0 Å². The Morgan fingerprint density at radius 3 is 2.43 bits per heavy atom. The van der Waals surface area contributed by atoms with Gasteiger partial charge >= 0.3 is 0 Å². The quantitative estimate of drug-likeness (QED) is 0.740. The van der Waals surface area contributed by atoms with E-state index in [2.05, 4.69) is 16.5 Å². The monoisotopic (exact) mass is 220 g/mol. The lowest BCUT2D eigenvalue weighted by molar-refractivity contribution is 0.195. The number of hydrogen-bond acceptors (Lipinski definition) is 3. The minimum Gasteiger partial charge on any atom is -0.302 e. The van der Waals surface area contributed by atoms with Crippen LogP contribution in [0.5, 0.6) is 0 Å². The Morgan fingerprint density at radius 1 is 1.36 bits per heavy atom. The first-order valence-electron chi connectivity index (χ1n) is 5.14. The number of nitrogens with zero attached hydrogens (tertiary/aromatic N) is 1. The van der Waals surface area contributed by atoms with Crippen molar-refractivity contribution >= 4 is 10.0 Å². The zero-order valence-electron chi connectivity index (χ0n) is 8.99. The van der Waals surface area contributed by atoms with E-state index < -0.39 is 10.0 Å². The Kier molecular flexibility index (Phi) is 4.34. The van der Waals surface area contributed by atoms with Crippen molar-refractivity contribution in [2.45, 2.75) is 19.8 Å². The van der Waals surface area contributed by atoms with Crippen molar-refractivity contribution in [3.05, 3.63) is 0 Å². The summed E-state index contributed by atoms with van der Waals surface area (Å²) < 4.78 is 24.1. The second kappa shape index (κ2) is 5.09. The highest BCUT2D eigenvalue weighted by Gasteiger charge is 2.15. The van der Waals surface area contributed by atoms with Crippen LogP contribution < -0.4 is 4.72 Å². The first-order valence-corrected chi connectivity index (χ1v) is 7.03. The number of nitrogens with one attached hydrogen (secondary N) is 1. The molecular weight excluding hydrogens is 200 g/mol. The van der Waals surface area contributed by atoms with Gasteiger partial charge in [0, 0.05) is 13.1 Å². The largest absolute Gasteiger partial charge is 0.302 e. The van der Waals surface area contributed by atoms with E-state index in [1.165, 1.54) is 19.1 Å². The Hall–Kier alpha value is -0.130. The average Bonchev–Trinajstić information content (AvgIpc) is 2.06. The highest BCUT2D eigenvalue weighted by molar-refractivity contribution is 7.88. The zero-order valence-corrected chi connectivity index (χ0v) is 9.81. The molecule has 1 saturated heterocycles. The van der Waals surface area contributed by atoms with Crippen LogP contribution in [0.4, 0.5) is 0 Å². The summed E-state index contributed by atoms with van der Waals surface area (Å²) in [7, 11) is -3.01. The van der Waals surface area contributed by atoms with E-state index >= 15 is 0 Å². The standard InChI is InChI=1S/C9H20N2O2S/c1-9-3-6-11(7-4-9)8-5-10-14(2,12)13/h9-10H,3-8H2,1-2H3. The van der Waals surface area contributed by atoms with Gasteiger partial charge in [0.15, 0.2) is 0 Å². The van der Waals surface area contributed by atoms with Crippen molar-refractivity contribution in [1.82, 2.24) is 9.62 Å². The van der Waals surface area contributed by atoms with Crippen LogP contribution >= 0.6 is 0 Å². The van der Waals surface area contributed by atoms with Crippen LogP contribution in [0.15, 0.2) is 0 Å². The molecule has 0 aromatic rings. The van der Waals surface area contributed by atoms with Gasteiger partial charge in [0.2, 0.25) is 10.0 Å². The van der Waals surface area contributed by atoms with Gasteiger partial charge in [0.05, 0.1) is 6.26 Å². The number of hydrogen-bond donors (Lipinski definition) is 1. The van der Waals surface area contributed by atoms with Crippen molar-refractivity contribution in [1.29, 1.82) is 0 Å². The van der Waals surface area contributed by atoms with E-state index in [9.17, 15) is 8.42 Å². The molecule has 84 valence electrons. The van der Waals surface area contributed by atoms with Gasteiger partial charge in [-0.25, -0.2) is 13.1 Å². The van der Waals surface area contributed by atoms with Crippen molar-refractivity contribution in [3.8, 4) is 0 Å². The molecule has 0 amide bonds. The van der Waals surface area contributed by atoms with Crippen molar-refractivity contribution in [2.75, 3.05) is 32.4 Å². The van der Waals surface area contributed by atoms with Crippen LogP contribution in [-0.2, 0) is 10.0 Å². The fourth-order valence-electron chi connectivity index (χ4n) is 1.67. The molecule has 1 rings (SSSR count). The molecule has 1 heterocycles. The molecule has 0 aromatic heterocycles. The summed E-state index contributed by atoms with van der Waals surface area (Å²) in [6.07, 6.45) is 3.67. The fraction of sp³-hybridized carbons (Fsp3) is 1.00. The van der Waals surface area contributed by atoms with Crippen molar-refractivity contribution < 1.29 is 8.42 Å². The van der Waals surface area contributed by atoms with E-state index in [0.717, 1.165) is 25.6 Å². The topological polar surface area (TPSA) is 49.4 Å². The van der Waals surface area contributed by atoms with Gasteiger partial charge in [-0.3, -0.25) is 0 Å².